The molecule has 1 aliphatic heterocycles. The van der Waals surface area contributed by atoms with E-state index < -0.39 is 6.10 Å². The first-order valence-corrected chi connectivity index (χ1v) is 6.13. The third kappa shape index (κ3) is 2.76. The Bertz CT molecular complexity index is 360. The number of anilines is 1. The van der Waals surface area contributed by atoms with Crippen LogP contribution in [0.5, 0.6) is 0 Å². The smallest absolute Gasteiger partial charge is 0.134 e. The average molecular weight is 236 g/mol. The van der Waals surface area contributed by atoms with Crippen molar-refractivity contribution in [3.8, 4) is 0 Å². The highest BCUT2D eigenvalue weighted by Gasteiger charge is 2.22. The lowest BCUT2D eigenvalue weighted by molar-refractivity contribution is 0.0816. The fraction of sp³-hybridized carbons (Fsp3) is 0.615. The molecule has 0 aromatic carbocycles. The Labute approximate surface area is 102 Å². The largest absolute Gasteiger partial charge is 0.389 e. The van der Waals surface area contributed by atoms with E-state index in [1.165, 1.54) is 0 Å². The maximum absolute atomic E-state index is 9.74. The molecule has 17 heavy (non-hydrogen) atoms. The summed E-state index contributed by atoms with van der Waals surface area (Å²) in [5.74, 6) is 0.914. The molecule has 1 fully saturated rings. The number of pyridine rings is 1. The minimum atomic E-state index is -0.473. The van der Waals surface area contributed by atoms with Gasteiger partial charge in [0.15, 0.2) is 0 Å². The van der Waals surface area contributed by atoms with Crippen LogP contribution in [0.15, 0.2) is 18.3 Å². The maximum Gasteiger partial charge on any atom is 0.134 e. The van der Waals surface area contributed by atoms with Gasteiger partial charge in [-0.1, -0.05) is 6.07 Å². The van der Waals surface area contributed by atoms with Crippen LogP contribution < -0.4 is 4.90 Å². The summed E-state index contributed by atoms with van der Waals surface area (Å²) in [5.41, 5.74) is 0.906. The van der Waals surface area contributed by atoms with Crippen LogP contribution >= 0.6 is 0 Å². The van der Waals surface area contributed by atoms with Gasteiger partial charge in [0.1, 0.15) is 5.82 Å². The standard InChI is InChI=1S/C13H20N2O2/c1-10(16)12-4-3-7-14-13(12)15-8-5-11(17-2)6-9-15/h3-4,7,10-11,16H,5-6,8-9H2,1-2H3. The predicted molar refractivity (Wildman–Crippen MR) is 67.1 cm³/mol. The van der Waals surface area contributed by atoms with Crippen LogP contribution in [0.25, 0.3) is 0 Å². The summed E-state index contributed by atoms with van der Waals surface area (Å²) in [6.45, 7) is 3.66. The van der Waals surface area contributed by atoms with Crippen molar-refractivity contribution in [1.29, 1.82) is 0 Å². The molecule has 1 N–H and O–H groups in total. The van der Waals surface area contributed by atoms with Crippen LogP contribution in [-0.2, 0) is 4.74 Å². The van der Waals surface area contributed by atoms with Gasteiger partial charge in [-0.05, 0) is 25.8 Å². The van der Waals surface area contributed by atoms with Gasteiger partial charge in [-0.3, -0.25) is 0 Å². The Balaban J connectivity index is 2.13. The first-order chi connectivity index (χ1) is 8.22. The van der Waals surface area contributed by atoms with Gasteiger partial charge in [0.05, 0.1) is 12.2 Å². The highest BCUT2D eigenvalue weighted by molar-refractivity contribution is 5.48. The number of piperidine rings is 1. The number of aromatic nitrogens is 1. The second kappa shape index (κ2) is 5.47. The van der Waals surface area contributed by atoms with Gasteiger partial charge in [-0.2, -0.15) is 0 Å². The van der Waals surface area contributed by atoms with E-state index in [0.29, 0.717) is 6.10 Å². The van der Waals surface area contributed by atoms with Gasteiger partial charge < -0.3 is 14.7 Å². The van der Waals surface area contributed by atoms with Gasteiger partial charge in [0.25, 0.3) is 0 Å². The maximum atomic E-state index is 9.74. The van der Waals surface area contributed by atoms with Gasteiger partial charge in [0.2, 0.25) is 0 Å². The summed E-state index contributed by atoms with van der Waals surface area (Å²) in [6, 6.07) is 3.81. The van der Waals surface area contributed by atoms with Crippen molar-refractivity contribution in [2.45, 2.75) is 32.0 Å². The number of hydrogen-bond acceptors (Lipinski definition) is 4. The molecule has 0 radical (unpaired) electrons. The molecule has 1 saturated heterocycles. The molecule has 0 spiro atoms. The van der Waals surface area contributed by atoms with Crippen LogP contribution in [0.3, 0.4) is 0 Å². The van der Waals surface area contributed by atoms with Crippen molar-refractivity contribution in [1.82, 2.24) is 4.98 Å². The van der Waals surface area contributed by atoms with Crippen molar-refractivity contribution in [2.75, 3.05) is 25.1 Å². The highest BCUT2D eigenvalue weighted by Crippen LogP contribution is 2.26. The Hall–Kier alpha value is -1.13. The number of aliphatic hydroxyl groups excluding tert-OH is 1. The summed E-state index contributed by atoms with van der Waals surface area (Å²) in [6.07, 6.45) is 3.71. The number of hydrogen-bond donors (Lipinski definition) is 1. The molecule has 2 rings (SSSR count). The fourth-order valence-corrected chi connectivity index (χ4v) is 2.30. The lowest BCUT2D eigenvalue weighted by Crippen LogP contribution is -2.37. The van der Waals surface area contributed by atoms with Gasteiger partial charge in [-0.25, -0.2) is 4.98 Å². The fourth-order valence-electron chi connectivity index (χ4n) is 2.30. The first-order valence-electron chi connectivity index (χ1n) is 6.13. The molecule has 1 aromatic rings. The lowest BCUT2D eigenvalue weighted by atomic mass is 10.1. The number of rotatable bonds is 3. The molecule has 0 bridgehead atoms. The number of ether oxygens (including phenoxy) is 1. The third-order valence-corrected chi connectivity index (χ3v) is 3.34. The molecule has 94 valence electrons. The Morgan fingerprint density at radius 1 is 1.47 bits per heavy atom. The number of methoxy groups -OCH3 is 1. The molecular formula is C13H20N2O2. The molecule has 0 amide bonds. The van der Waals surface area contributed by atoms with Crippen molar-refractivity contribution in [2.24, 2.45) is 0 Å². The molecule has 0 aliphatic carbocycles. The second-order valence-electron chi connectivity index (χ2n) is 4.51. The van der Waals surface area contributed by atoms with Crippen molar-refractivity contribution < 1.29 is 9.84 Å². The molecule has 4 heteroatoms. The van der Waals surface area contributed by atoms with E-state index in [1.807, 2.05) is 12.1 Å². The van der Waals surface area contributed by atoms with E-state index in [4.69, 9.17) is 4.74 Å². The monoisotopic (exact) mass is 236 g/mol. The molecule has 0 saturated carbocycles. The number of aliphatic hydroxyl groups is 1. The molecule has 2 heterocycles. The van der Waals surface area contributed by atoms with Crippen LogP contribution in [-0.4, -0.2) is 36.4 Å². The van der Waals surface area contributed by atoms with E-state index >= 15 is 0 Å². The lowest BCUT2D eigenvalue weighted by Gasteiger charge is -2.33. The zero-order chi connectivity index (χ0) is 12.3. The highest BCUT2D eigenvalue weighted by atomic mass is 16.5. The zero-order valence-electron chi connectivity index (χ0n) is 10.5. The van der Waals surface area contributed by atoms with E-state index in [0.717, 1.165) is 37.3 Å². The van der Waals surface area contributed by atoms with E-state index in [-0.39, 0.29) is 0 Å². The number of nitrogens with zero attached hydrogens (tertiary/aromatic N) is 2. The average Bonchev–Trinajstić information content (AvgIpc) is 2.39. The Kier molecular flexibility index (Phi) is 3.97. The molecular weight excluding hydrogens is 216 g/mol. The Morgan fingerprint density at radius 3 is 2.76 bits per heavy atom. The van der Waals surface area contributed by atoms with Crippen LogP contribution in [0.2, 0.25) is 0 Å². The van der Waals surface area contributed by atoms with E-state index in [9.17, 15) is 5.11 Å². The van der Waals surface area contributed by atoms with Crippen LogP contribution in [0.4, 0.5) is 5.82 Å². The predicted octanol–water partition coefficient (Wildman–Crippen LogP) is 1.75. The SMILES string of the molecule is COC1CCN(c2ncccc2C(C)O)CC1. The zero-order valence-corrected chi connectivity index (χ0v) is 10.5. The van der Waals surface area contributed by atoms with E-state index in [2.05, 4.69) is 9.88 Å². The summed E-state index contributed by atoms with van der Waals surface area (Å²) >= 11 is 0. The topological polar surface area (TPSA) is 45.6 Å². The summed E-state index contributed by atoms with van der Waals surface area (Å²) in [4.78, 5) is 6.63. The van der Waals surface area contributed by atoms with E-state index in [1.54, 1.807) is 20.2 Å². The summed E-state index contributed by atoms with van der Waals surface area (Å²) < 4.78 is 5.36. The quantitative estimate of drug-likeness (QED) is 0.868. The molecule has 1 aliphatic rings. The van der Waals surface area contributed by atoms with Gasteiger partial charge in [0, 0.05) is 32.0 Å². The molecule has 4 nitrogen and oxygen atoms in total. The Morgan fingerprint density at radius 2 is 2.18 bits per heavy atom. The van der Waals surface area contributed by atoms with Gasteiger partial charge in [-0.15, -0.1) is 0 Å². The second-order valence-corrected chi connectivity index (χ2v) is 4.51. The molecule has 1 unspecified atom stereocenters. The van der Waals surface area contributed by atoms with Gasteiger partial charge >= 0.3 is 0 Å². The minimum absolute atomic E-state index is 0.366. The third-order valence-electron chi connectivity index (χ3n) is 3.34. The summed E-state index contributed by atoms with van der Waals surface area (Å²) in [5, 5.41) is 9.74. The van der Waals surface area contributed by atoms with Crippen molar-refractivity contribution >= 4 is 5.82 Å². The first kappa shape index (κ1) is 12.3. The van der Waals surface area contributed by atoms with Crippen LogP contribution in [0, 0.1) is 0 Å². The normalized spacial score (nSPS) is 19.4. The van der Waals surface area contributed by atoms with Crippen LogP contribution in [0.1, 0.15) is 31.4 Å². The minimum Gasteiger partial charge on any atom is -0.389 e. The molecule has 1 atom stereocenters. The summed E-state index contributed by atoms with van der Waals surface area (Å²) in [7, 11) is 1.77. The molecule has 1 aromatic heterocycles. The van der Waals surface area contributed by atoms with Crippen molar-refractivity contribution in [3.63, 3.8) is 0 Å². The van der Waals surface area contributed by atoms with Crippen molar-refractivity contribution in [3.05, 3.63) is 23.9 Å².